The molecule has 7 heteroatoms. The van der Waals surface area contributed by atoms with Crippen LogP contribution in [-0.4, -0.2) is 41.9 Å². The summed E-state index contributed by atoms with van der Waals surface area (Å²) in [7, 11) is 1.85. The van der Waals surface area contributed by atoms with E-state index in [-0.39, 0.29) is 5.91 Å². The van der Waals surface area contributed by atoms with E-state index in [0.717, 1.165) is 0 Å². The number of nitrogens with one attached hydrogen (secondary N) is 1. The Morgan fingerprint density at radius 3 is 2.76 bits per heavy atom. The fourth-order valence-electron chi connectivity index (χ4n) is 1.70. The number of methoxy groups -OCH3 is 2. The highest BCUT2D eigenvalue weighted by atomic mass is 32.2. The lowest BCUT2D eigenvalue weighted by Crippen LogP contribution is -2.30. The maximum atomic E-state index is 12.1. The minimum absolute atomic E-state index is 0.324. The molecule has 21 heavy (non-hydrogen) atoms. The Bertz CT molecular complexity index is 508. The van der Waals surface area contributed by atoms with Crippen molar-refractivity contribution in [1.82, 2.24) is 0 Å². The number of carbonyl (C=O) groups excluding carboxylic acids is 1. The first kappa shape index (κ1) is 17.5. The van der Waals surface area contributed by atoms with Crippen LogP contribution >= 0.6 is 0 Å². The predicted octanol–water partition coefficient (Wildman–Crippen LogP) is 1.39. The first-order valence-corrected chi connectivity index (χ1v) is 7.98. The first-order chi connectivity index (χ1) is 9.99. The van der Waals surface area contributed by atoms with Crippen molar-refractivity contribution in [1.29, 1.82) is 0 Å². The summed E-state index contributed by atoms with van der Waals surface area (Å²) in [5.41, 5.74) is 6.68. The molecule has 118 valence electrons. The van der Waals surface area contributed by atoms with Crippen LogP contribution in [0.3, 0.4) is 0 Å². The zero-order valence-electron chi connectivity index (χ0n) is 12.5. The van der Waals surface area contributed by atoms with Crippen molar-refractivity contribution in [2.75, 3.05) is 37.6 Å². The van der Waals surface area contributed by atoms with Gasteiger partial charge in [0.2, 0.25) is 5.91 Å². The van der Waals surface area contributed by atoms with Gasteiger partial charge in [0.05, 0.1) is 12.8 Å². The summed E-state index contributed by atoms with van der Waals surface area (Å²) < 4.78 is 22.1. The average molecular weight is 314 g/mol. The number of hydrogen-bond donors (Lipinski definition) is 2. The number of carbonyl (C=O) groups is 1. The normalized spacial score (nSPS) is 13.5. The molecule has 2 unspecified atom stereocenters. The molecule has 1 rings (SSSR count). The molecule has 0 fully saturated rings. The van der Waals surface area contributed by atoms with E-state index in [9.17, 15) is 9.00 Å². The van der Waals surface area contributed by atoms with E-state index in [1.165, 1.54) is 7.11 Å². The molecule has 0 aliphatic heterocycles. The topological polar surface area (TPSA) is 90.7 Å². The second-order valence-corrected chi connectivity index (χ2v) is 6.40. The molecule has 1 aromatic carbocycles. The summed E-state index contributed by atoms with van der Waals surface area (Å²) in [6, 6.07) is 4.96. The van der Waals surface area contributed by atoms with Gasteiger partial charge in [-0.05, 0) is 31.5 Å². The second kappa shape index (κ2) is 8.63. The summed E-state index contributed by atoms with van der Waals surface area (Å²) in [6.45, 7) is 2.17. The van der Waals surface area contributed by atoms with E-state index in [0.29, 0.717) is 35.9 Å². The lowest BCUT2D eigenvalue weighted by molar-refractivity contribution is -0.115. The largest absolute Gasteiger partial charge is 0.495 e. The van der Waals surface area contributed by atoms with Crippen LogP contribution < -0.4 is 15.8 Å². The van der Waals surface area contributed by atoms with Gasteiger partial charge in [-0.15, -0.1) is 0 Å². The third-order valence-electron chi connectivity index (χ3n) is 2.94. The fourth-order valence-corrected chi connectivity index (χ4v) is 2.75. The van der Waals surface area contributed by atoms with Crippen molar-refractivity contribution in [2.24, 2.45) is 0 Å². The Morgan fingerprint density at radius 1 is 1.43 bits per heavy atom. The highest BCUT2D eigenvalue weighted by Gasteiger charge is 2.20. The number of amides is 1. The summed E-state index contributed by atoms with van der Waals surface area (Å²) in [6.07, 6.45) is 0.655. The maximum Gasteiger partial charge on any atom is 0.239 e. The number of nitrogen functional groups attached to an aromatic ring is 1. The lowest BCUT2D eigenvalue weighted by Gasteiger charge is -2.14. The Hall–Kier alpha value is -1.60. The average Bonchev–Trinajstić information content (AvgIpc) is 2.46. The molecule has 0 bridgehead atoms. The smallest absolute Gasteiger partial charge is 0.239 e. The fraction of sp³-hybridized carbons (Fsp3) is 0.500. The quantitative estimate of drug-likeness (QED) is 0.559. The van der Waals surface area contributed by atoms with Crippen LogP contribution in [0.2, 0.25) is 0 Å². The Labute approximate surface area is 127 Å². The van der Waals surface area contributed by atoms with E-state index < -0.39 is 16.0 Å². The van der Waals surface area contributed by atoms with Crippen molar-refractivity contribution in [3.8, 4) is 5.75 Å². The molecule has 1 amide bonds. The SMILES string of the molecule is COCCCS(=O)C(C)C(=O)Nc1cc(N)ccc1OC. The van der Waals surface area contributed by atoms with Crippen LogP contribution in [0.5, 0.6) is 5.75 Å². The number of hydrogen-bond acceptors (Lipinski definition) is 5. The van der Waals surface area contributed by atoms with Gasteiger partial charge in [-0.2, -0.15) is 0 Å². The van der Waals surface area contributed by atoms with E-state index in [1.807, 2.05) is 0 Å². The summed E-state index contributed by atoms with van der Waals surface area (Å²) >= 11 is 0. The lowest BCUT2D eigenvalue weighted by atomic mass is 10.2. The first-order valence-electron chi connectivity index (χ1n) is 6.60. The summed E-state index contributed by atoms with van der Waals surface area (Å²) in [5.74, 6) is 0.612. The molecule has 0 aliphatic rings. The molecular formula is C14H22N2O4S. The predicted molar refractivity (Wildman–Crippen MR) is 85.0 cm³/mol. The van der Waals surface area contributed by atoms with E-state index in [4.69, 9.17) is 15.2 Å². The molecule has 2 atom stereocenters. The van der Waals surface area contributed by atoms with Crippen molar-refractivity contribution in [2.45, 2.75) is 18.6 Å². The molecule has 0 aromatic heterocycles. The van der Waals surface area contributed by atoms with Gasteiger partial charge < -0.3 is 20.5 Å². The molecule has 6 nitrogen and oxygen atoms in total. The van der Waals surface area contributed by atoms with Crippen LogP contribution in [0.1, 0.15) is 13.3 Å². The molecule has 1 aromatic rings. The molecule has 3 N–H and O–H groups in total. The van der Waals surface area contributed by atoms with Crippen LogP contribution in [0, 0.1) is 0 Å². The van der Waals surface area contributed by atoms with Gasteiger partial charge in [0.15, 0.2) is 0 Å². The Morgan fingerprint density at radius 2 is 2.14 bits per heavy atom. The second-order valence-electron chi connectivity index (χ2n) is 4.52. The number of nitrogens with two attached hydrogens (primary N) is 1. The molecule has 0 radical (unpaired) electrons. The van der Waals surface area contributed by atoms with Crippen molar-refractivity contribution < 1.29 is 18.5 Å². The molecule has 0 heterocycles. The molecular weight excluding hydrogens is 292 g/mol. The van der Waals surface area contributed by atoms with Crippen LogP contribution in [0.15, 0.2) is 18.2 Å². The Balaban J connectivity index is 2.67. The minimum atomic E-state index is -1.25. The van der Waals surface area contributed by atoms with E-state index >= 15 is 0 Å². The maximum absolute atomic E-state index is 12.1. The van der Waals surface area contributed by atoms with Crippen LogP contribution in [0.4, 0.5) is 11.4 Å². The van der Waals surface area contributed by atoms with Gasteiger partial charge in [-0.1, -0.05) is 0 Å². The number of anilines is 2. The van der Waals surface area contributed by atoms with Crippen molar-refractivity contribution >= 4 is 28.1 Å². The summed E-state index contributed by atoms with van der Waals surface area (Å²) in [5, 5.41) is 2.09. The van der Waals surface area contributed by atoms with Gasteiger partial charge in [-0.3, -0.25) is 9.00 Å². The minimum Gasteiger partial charge on any atom is -0.495 e. The highest BCUT2D eigenvalue weighted by molar-refractivity contribution is 7.86. The van der Waals surface area contributed by atoms with E-state index in [2.05, 4.69) is 5.32 Å². The van der Waals surface area contributed by atoms with Gasteiger partial charge in [0.25, 0.3) is 0 Å². The van der Waals surface area contributed by atoms with Gasteiger partial charge in [0.1, 0.15) is 11.0 Å². The van der Waals surface area contributed by atoms with E-state index in [1.54, 1.807) is 32.2 Å². The number of benzene rings is 1. The van der Waals surface area contributed by atoms with Crippen molar-refractivity contribution in [3.63, 3.8) is 0 Å². The van der Waals surface area contributed by atoms with Gasteiger partial charge in [0, 0.05) is 36.0 Å². The number of rotatable bonds is 8. The van der Waals surface area contributed by atoms with Gasteiger partial charge in [-0.25, -0.2) is 0 Å². The Kier molecular flexibility index (Phi) is 7.18. The third kappa shape index (κ3) is 5.35. The molecule has 0 saturated heterocycles. The number of ether oxygens (including phenoxy) is 2. The zero-order valence-corrected chi connectivity index (χ0v) is 13.4. The van der Waals surface area contributed by atoms with Gasteiger partial charge >= 0.3 is 0 Å². The standard InChI is InChI=1S/C14H22N2O4S/c1-10(21(18)8-4-7-19-2)14(17)16-12-9-11(15)5-6-13(12)20-3/h5-6,9-10H,4,7-8,15H2,1-3H3,(H,16,17). The van der Waals surface area contributed by atoms with Crippen molar-refractivity contribution in [3.05, 3.63) is 18.2 Å². The molecule has 0 saturated carbocycles. The molecule has 0 aliphatic carbocycles. The molecule has 0 spiro atoms. The zero-order chi connectivity index (χ0) is 15.8. The third-order valence-corrected chi connectivity index (χ3v) is 4.63. The summed E-state index contributed by atoms with van der Waals surface area (Å²) in [4.78, 5) is 12.1. The highest BCUT2D eigenvalue weighted by Crippen LogP contribution is 2.26. The van der Waals surface area contributed by atoms with Crippen LogP contribution in [-0.2, 0) is 20.3 Å². The monoisotopic (exact) mass is 314 g/mol. The van der Waals surface area contributed by atoms with Crippen LogP contribution in [0.25, 0.3) is 0 Å².